The zero-order valence-electron chi connectivity index (χ0n) is 12.0. The van der Waals surface area contributed by atoms with Gasteiger partial charge < -0.3 is 4.74 Å². The summed E-state index contributed by atoms with van der Waals surface area (Å²) >= 11 is 7.20. The van der Waals surface area contributed by atoms with Gasteiger partial charge in [-0.05, 0) is 54.3 Å². The van der Waals surface area contributed by atoms with Crippen LogP contribution in [0.2, 0.25) is 0 Å². The smallest absolute Gasteiger partial charge is 0.119 e. The minimum absolute atomic E-state index is 0.0170. The molecule has 1 atom stereocenters. The van der Waals surface area contributed by atoms with Crippen LogP contribution < -0.4 is 16.0 Å². The zero-order valence-corrected chi connectivity index (χ0v) is 15.2. The summed E-state index contributed by atoms with van der Waals surface area (Å²) in [7, 11) is 1.67. The fourth-order valence-electron chi connectivity index (χ4n) is 2.23. The number of hydrogen-bond donors (Lipinski definition) is 2. The maximum atomic E-state index is 5.76. The number of rotatable bonds is 5. The predicted octanol–water partition coefficient (Wildman–Crippen LogP) is 4.28. The number of benzene rings is 2. The molecule has 21 heavy (non-hydrogen) atoms. The summed E-state index contributed by atoms with van der Waals surface area (Å²) in [6, 6.07) is 12.2. The highest BCUT2D eigenvalue weighted by molar-refractivity contribution is 9.10. The van der Waals surface area contributed by atoms with Crippen molar-refractivity contribution < 1.29 is 4.74 Å². The second kappa shape index (κ2) is 7.40. The topological polar surface area (TPSA) is 47.3 Å². The van der Waals surface area contributed by atoms with Crippen LogP contribution in [0.4, 0.5) is 0 Å². The van der Waals surface area contributed by atoms with Gasteiger partial charge in [0, 0.05) is 8.95 Å². The normalized spacial score (nSPS) is 12.2. The van der Waals surface area contributed by atoms with Crippen LogP contribution in [0.25, 0.3) is 0 Å². The van der Waals surface area contributed by atoms with Crippen LogP contribution >= 0.6 is 31.9 Å². The average molecular weight is 414 g/mol. The molecule has 3 nitrogen and oxygen atoms in total. The number of aryl methyl sites for hydroxylation is 1. The van der Waals surface area contributed by atoms with Crippen LogP contribution in [-0.2, 0) is 6.42 Å². The van der Waals surface area contributed by atoms with E-state index in [0.29, 0.717) is 0 Å². The number of hydrazine groups is 1. The van der Waals surface area contributed by atoms with E-state index in [4.69, 9.17) is 10.6 Å². The fraction of sp³-hybridized carbons (Fsp3) is 0.250. The lowest BCUT2D eigenvalue weighted by atomic mass is 9.98. The molecule has 0 heterocycles. The SMILES string of the molecule is COc1ccc(Br)c(CC(NN)c2ccc(C)cc2Br)c1. The molecule has 0 aromatic heterocycles. The van der Waals surface area contributed by atoms with Crippen molar-refractivity contribution in [2.75, 3.05) is 7.11 Å². The van der Waals surface area contributed by atoms with Gasteiger partial charge in [-0.3, -0.25) is 11.3 Å². The first-order chi connectivity index (χ1) is 10.0. The third-order valence-corrected chi connectivity index (χ3v) is 4.87. The summed E-state index contributed by atoms with van der Waals surface area (Å²) in [5.41, 5.74) is 6.39. The molecule has 1 unspecified atom stereocenters. The highest BCUT2D eigenvalue weighted by Crippen LogP contribution is 2.30. The summed E-state index contributed by atoms with van der Waals surface area (Å²) in [6.07, 6.45) is 0.760. The van der Waals surface area contributed by atoms with Crippen molar-refractivity contribution in [1.82, 2.24) is 5.43 Å². The Morgan fingerprint density at radius 2 is 1.90 bits per heavy atom. The van der Waals surface area contributed by atoms with Crippen LogP contribution in [-0.4, -0.2) is 7.11 Å². The van der Waals surface area contributed by atoms with E-state index >= 15 is 0 Å². The van der Waals surface area contributed by atoms with Crippen molar-refractivity contribution >= 4 is 31.9 Å². The van der Waals surface area contributed by atoms with E-state index in [2.05, 4.69) is 62.4 Å². The van der Waals surface area contributed by atoms with Crippen molar-refractivity contribution in [3.05, 3.63) is 62.0 Å². The van der Waals surface area contributed by atoms with Crippen LogP contribution in [0.15, 0.2) is 45.3 Å². The number of hydrogen-bond acceptors (Lipinski definition) is 3. The number of nitrogens with two attached hydrogens (primary N) is 1. The predicted molar refractivity (Wildman–Crippen MR) is 93.3 cm³/mol. The van der Waals surface area contributed by atoms with Crippen molar-refractivity contribution in [2.24, 2.45) is 5.84 Å². The van der Waals surface area contributed by atoms with Crippen molar-refractivity contribution in [1.29, 1.82) is 0 Å². The van der Waals surface area contributed by atoms with Gasteiger partial charge in [0.2, 0.25) is 0 Å². The third-order valence-electron chi connectivity index (χ3n) is 3.41. The monoisotopic (exact) mass is 412 g/mol. The maximum Gasteiger partial charge on any atom is 0.119 e. The number of halogens is 2. The Kier molecular flexibility index (Phi) is 5.81. The molecular weight excluding hydrogens is 396 g/mol. The summed E-state index contributed by atoms with van der Waals surface area (Å²) in [5.74, 6) is 6.60. The summed E-state index contributed by atoms with van der Waals surface area (Å²) < 4.78 is 7.40. The Morgan fingerprint density at radius 1 is 1.14 bits per heavy atom. The minimum Gasteiger partial charge on any atom is -0.497 e. The molecule has 112 valence electrons. The molecule has 0 saturated heterocycles. The second-order valence-electron chi connectivity index (χ2n) is 4.91. The fourth-order valence-corrected chi connectivity index (χ4v) is 3.41. The van der Waals surface area contributed by atoms with Crippen LogP contribution in [0.3, 0.4) is 0 Å². The van der Waals surface area contributed by atoms with E-state index in [0.717, 1.165) is 32.2 Å². The van der Waals surface area contributed by atoms with E-state index in [1.807, 2.05) is 18.2 Å². The highest BCUT2D eigenvalue weighted by atomic mass is 79.9. The number of ether oxygens (including phenoxy) is 1. The largest absolute Gasteiger partial charge is 0.497 e. The standard InChI is InChI=1S/C16H18Br2N2O/c1-10-3-5-13(15(18)7-10)16(20-19)9-11-8-12(21-2)4-6-14(11)17/h3-8,16,20H,9,19H2,1-2H3. The van der Waals surface area contributed by atoms with Crippen molar-refractivity contribution in [3.8, 4) is 5.75 Å². The third kappa shape index (κ3) is 4.07. The lowest BCUT2D eigenvalue weighted by molar-refractivity contribution is 0.413. The van der Waals surface area contributed by atoms with E-state index in [9.17, 15) is 0 Å². The Hall–Kier alpha value is -0.880. The van der Waals surface area contributed by atoms with Crippen LogP contribution in [0.1, 0.15) is 22.7 Å². The first-order valence-electron chi connectivity index (χ1n) is 6.59. The number of nitrogens with one attached hydrogen (secondary N) is 1. The molecule has 0 spiro atoms. The molecule has 0 bridgehead atoms. The van der Waals surface area contributed by atoms with Gasteiger partial charge >= 0.3 is 0 Å². The van der Waals surface area contributed by atoms with Gasteiger partial charge in [-0.2, -0.15) is 0 Å². The van der Waals surface area contributed by atoms with Crippen LogP contribution in [0.5, 0.6) is 5.75 Å². The molecule has 0 saturated carbocycles. The lowest BCUT2D eigenvalue weighted by Crippen LogP contribution is -2.30. The average Bonchev–Trinajstić information content (AvgIpc) is 2.47. The Labute approximate surface area is 142 Å². The Morgan fingerprint density at radius 3 is 2.52 bits per heavy atom. The molecule has 2 rings (SSSR count). The summed E-state index contributed by atoms with van der Waals surface area (Å²) in [6.45, 7) is 2.07. The van der Waals surface area contributed by atoms with Crippen molar-refractivity contribution in [2.45, 2.75) is 19.4 Å². The lowest BCUT2D eigenvalue weighted by Gasteiger charge is -2.19. The van der Waals surface area contributed by atoms with E-state index in [1.165, 1.54) is 5.56 Å². The Balaban J connectivity index is 2.30. The highest BCUT2D eigenvalue weighted by Gasteiger charge is 2.16. The molecule has 0 radical (unpaired) electrons. The van der Waals surface area contributed by atoms with Gasteiger partial charge in [0.25, 0.3) is 0 Å². The molecule has 0 aliphatic carbocycles. The summed E-state index contributed by atoms with van der Waals surface area (Å²) in [4.78, 5) is 0. The quantitative estimate of drug-likeness (QED) is 0.568. The van der Waals surface area contributed by atoms with E-state index < -0.39 is 0 Å². The molecule has 0 fully saturated rings. The van der Waals surface area contributed by atoms with Gasteiger partial charge in [-0.25, -0.2) is 0 Å². The van der Waals surface area contributed by atoms with Gasteiger partial charge in [0.15, 0.2) is 0 Å². The molecule has 0 aliphatic rings. The van der Waals surface area contributed by atoms with Gasteiger partial charge in [0.1, 0.15) is 5.75 Å². The van der Waals surface area contributed by atoms with Gasteiger partial charge in [0.05, 0.1) is 13.2 Å². The van der Waals surface area contributed by atoms with E-state index in [1.54, 1.807) is 7.11 Å². The second-order valence-corrected chi connectivity index (χ2v) is 6.61. The van der Waals surface area contributed by atoms with Gasteiger partial charge in [-0.15, -0.1) is 0 Å². The molecule has 0 aliphatic heterocycles. The zero-order chi connectivity index (χ0) is 15.4. The minimum atomic E-state index is 0.0170. The molecule has 2 aromatic carbocycles. The van der Waals surface area contributed by atoms with Gasteiger partial charge in [-0.1, -0.05) is 44.0 Å². The Bertz CT molecular complexity index is 632. The summed E-state index contributed by atoms with van der Waals surface area (Å²) in [5, 5.41) is 0. The maximum absolute atomic E-state index is 5.76. The first kappa shape index (κ1) is 16.5. The first-order valence-corrected chi connectivity index (χ1v) is 8.18. The van der Waals surface area contributed by atoms with Crippen LogP contribution in [0, 0.1) is 6.92 Å². The molecule has 3 N–H and O–H groups in total. The molecule has 0 amide bonds. The van der Waals surface area contributed by atoms with Crippen molar-refractivity contribution in [3.63, 3.8) is 0 Å². The van der Waals surface area contributed by atoms with E-state index in [-0.39, 0.29) is 6.04 Å². The molecule has 5 heteroatoms. The number of methoxy groups -OCH3 is 1. The molecular formula is C16H18Br2N2O. The molecule has 2 aromatic rings.